The molecule has 0 aliphatic heterocycles. The Balaban J connectivity index is 1.58. The molecule has 0 unspecified atom stereocenters. The molecule has 0 spiro atoms. The number of nitrogens with zero attached hydrogens (tertiary/aromatic N) is 4. The van der Waals surface area contributed by atoms with Gasteiger partial charge in [-0.3, -0.25) is 23.7 Å². The number of pyridine rings is 2. The first-order valence-electron chi connectivity index (χ1n) is 12.5. The zero-order chi connectivity index (χ0) is 26.4. The summed E-state index contributed by atoms with van der Waals surface area (Å²) in [4.78, 5) is 35.6. The van der Waals surface area contributed by atoms with Crippen LogP contribution in [0.25, 0.3) is 38.5 Å². The van der Waals surface area contributed by atoms with Gasteiger partial charge >= 0.3 is 0 Å². The van der Waals surface area contributed by atoms with E-state index < -0.39 is 0 Å². The fourth-order valence-electron chi connectivity index (χ4n) is 4.85. The number of hydrogen-bond donors (Lipinski definition) is 0. The molecule has 0 atom stereocenters. The Hall–Kier alpha value is -4.84. The maximum Gasteiger partial charge on any atom is 0.259 e. The van der Waals surface area contributed by atoms with Crippen molar-refractivity contribution in [1.29, 1.82) is 0 Å². The van der Waals surface area contributed by atoms with Crippen molar-refractivity contribution in [3.63, 3.8) is 0 Å². The third-order valence-electron chi connectivity index (χ3n) is 7.11. The number of allylic oxidation sites excluding steroid dienone is 2. The number of hydrogen-bond acceptors (Lipinski definition) is 4. The zero-order valence-corrected chi connectivity index (χ0v) is 21.5. The van der Waals surface area contributed by atoms with Crippen LogP contribution in [0.2, 0.25) is 0 Å². The lowest BCUT2D eigenvalue weighted by Crippen LogP contribution is -2.18. The maximum absolute atomic E-state index is 13.4. The van der Waals surface area contributed by atoms with Crippen LogP contribution in [0.4, 0.5) is 0 Å². The predicted octanol–water partition coefficient (Wildman–Crippen LogP) is 6.48. The molecule has 0 aliphatic rings. The number of carbonyl (C=O) groups excluding carboxylic acids is 1. The summed E-state index contributed by atoms with van der Waals surface area (Å²) in [5.74, 6) is -0.130. The topological polar surface area (TPSA) is 69.8 Å². The van der Waals surface area contributed by atoms with Crippen molar-refractivity contribution >= 4 is 38.7 Å². The minimum absolute atomic E-state index is 0.130. The number of aromatic nitrogens is 4. The Bertz CT molecular complexity index is 1960. The van der Waals surface area contributed by atoms with Gasteiger partial charge in [0, 0.05) is 28.6 Å². The first-order chi connectivity index (χ1) is 18.4. The van der Waals surface area contributed by atoms with Gasteiger partial charge in [-0.2, -0.15) is 0 Å². The van der Waals surface area contributed by atoms with Crippen molar-refractivity contribution in [2.75, 3.05) is 0 Å². The second-order valence-corrected chi connectivity index (χ2v) is 9.80. The van der Waals surface area contributed by atoms with Crippen molar-refractivity contribution in [1.82, 2.24) is 19.1 Å². The van der Waals surface area contributed by atoms with Crippen LogP contribution in [0, 0.1) is 0 Å². The third kappa shape index (κ3) is 4.00. The Kier molecular flexibility index (Phi) is 5.72. The molecular weight excluding hydrogens is 472 g/mol. The summed E-state index contributed by atoms with van der Waals surface area (Å²) in [6.45, 7) is 5.64. The standard InChI is InChI=1S/C32H26N4O2/c1-20(2)21(3)32(38)35-19-34-28-13-11-25(17-29(28)35)36-30(37)14-10-24-18-33-27-12-9-23(16-26(27)31(24)36)15-22-7-5-4-6-8-22/h4-14,16-19H,15H2,1-3H3. The van der Waals surface area contributed by atoms with E-state index in [1.807, 2.05) is 69.3 Å². The molecule has 0 fully saturated rings. The fraction of sp³-hybridized carbons (Fsp3) is 0.125. The summed E-state index contributed by atoms with van der Waals surface area (Å²) in [6.07, 6.45) is 4.13. The molecule has 38 heavy (non-hydrogen) atoms. The first kappa shape index (κ1) is 23.6. The van der Waals surface area contributed by atoms with Crippen LogP contribution >= 0.6 is 0 Å². The molecule has 6 aromatic rings. The molecule has 0 aliphatic carbocycles. The summed E-state index contributed by atoms with van der Waals surface area (Å²) in [7, 11) is 0. The van der Waals surface area contributed by atoms with Crippen molar-refractivity contribution in [3.8, 4) is 5.69 Å². The SMILES string of the molecule is CC(C)=C(C)C(=O)n1cnc2ccc(-n3c(=O)ccc4cnc5ccc(Cc6ccccc6)cc5c43)cc21. The zero-order valence-electron chi connectivity index (χ0n) is 21.5. The molecular formula is C32H26N4O2. The van der Waals surface area contributed by atoms with E-state index in [1.165, 1.54) is 5.56 Å². The normalized spacial score (nSPS) is 11.3. The van der Waals surface area contributed by atoms with Crippen LogP contribution < -0.4 is 5.56 Å². The van der Waals surface area contributed by atoms with Gasteiger partial charge in [0.15, 0.2) is 0 Å². The Morgan fingerprint density at radius 3 is 2.39 bits per heavy atom. The summed E-state index contributed by atoms with van der Waals surface area (Å²) >= 11 is 0. The largest absolute Gasteiger partial charge is 0.276 e. The van der Waals surface area contributed by atoms with Crippen LogP contribution in [0.15, 0.2) is 107 Å². The highest BCUT2D eigenvalue weighted by molar-refractivity contribution is 6.05. The molecule has 0 saturated heterocycles. The average Bonchev–Trinajstić information content (AvgIpc) is 3.36. The Morgan fingerprint density at radius 1 is 0.816 bits per heavy atom. The highest BCUT2D eigenvalue weighted by Crippen LogP contribution is 2.28. The lowest BCUT2D eigenvalue weighted by atomic mass is 10.0. The van der Waals surface area contributed by atoms with Crippen LogP contribution in [0.1, 0.15) is 36.7 Å². The van der Waals surface area contributed by atoms with E-state index in [9.17, 15) is 9.59 Å². The molecule has 6 heteroatoms. The minimum atomic E-state index is -0.157. The minimum Gasteiger partial charge on any atom is -0.276 e. The number of rotatable bonds is 4. The van der Waals surface area contributed by atoms with Crippen LogP contribution in [0.3, 0.4) is 0 Å². The van der Waals surface area contributed by atoms with Crippen molar-refractivity contribution in [3.05, 3.63) is 124 Å². The summed E-state index contributed by atoms with van der Waals surface area (Å²) < 4.78 is 3.26. The van der Waals surface area contributed by atoms with Crippen LogP contribution in [0.5, 0.6) is 0 Å². The predicted molar refractivity (Wildman–Crippen MR) is 152 cm³/mol. The molecule has 3 heterocycles. The van der Waals surface area contributed by atoms with Gasteiger partial charge in [-0.15, -0.1) is 0 Å². The molecule has 3 aromatic heterocycles. The van der Waals surface area contributed by atoms with E-state index >= 15 is 0 Å². The molecule has 0 saturated carbocycles. The summed E-state index contributed by atoms with van der Waals surface area (Å²) in [5.41, 5.74) is 7.42. The maximum atomic E-state index is 13.4. The average molecular weight is 499 g/mol. The van der Waals surface area contributed by atoms with E-state index in [0.717, 1.165) is 39.4 Å². The molecule has 6 nitrogen and oxygen atoms in total. The monoisotopic (exact) mass is 498 g/mol. The summed E-state index contributed by atoms with van der Waals surface area (Å²) in [6, 6.07) is 25.5. The number of benzene rings is 3. The second kappa shape index (κ2) is 9.23. The Morgan fingerprint density at radius 2 is 1.61 bits per heavy atom. The highest BCUT2D eigenvalue weighted by Gasteiger charge is 2.16. The smallest absolute Gasteiger partial charge is 0.259 e. The van der Waals surface area contributed by atoms with Gasteiger partial charge in [-0.25, -0.2) is 4.98 Å². The highest BCUT2D eigenvalue weighted by atomic mass is 16.2. The molecule has 0 radical (unpaired) electrons. The molecule has 0 bridgehead atoms. The fourth-order valence-corrected chi connectivity index (χ4v) is 4.85. The number of carbonyl (C=O) groups is 1. The van der Waals surface area contributed by atoms with Gasteiger partial charge in [0.05, 0.1) is 27.8 Å². The van der Waals surface area contributed by atoms with E-state index in [4.69, 9.17) is 0 Å². The quantitative estimate of drug-likeness (QED) is 0.206. The van der Waals surface area contributed by atoms with Gasteiger partial charge < -0.3 is 0 Å². The van der Waals surface area contributed by atoms with Crippen molar-refractivity contribution < 1.29 is 4.79 Å². The lowest BCUT2D eigenvalue weighted by Gasteiger charge is -2.14. The van der Waals surface area contributed by atoms with Gasteiger partial charge in [0.2, 0.25) is 0 Å². The molecule has 0 N–H and O–H groups in total. The van der Waals surface area contributed by atoms with E-state index in [2.05, 4.69) is 34.2 Å². The van der Waals surface area contributed by atoms with Gasteiger partial charge in [-0.05, 0) is 74.7 Å². The van der Waals surface area contributed by atoms with Gasteiger partial charge in [0.1, 0.15) is 6.33 Å². The van der Waals surface area contributed by atoms with Crippen molar-refractivity contribution in [2.45, 2.75) is 27.2 Å². The third-order valence-corrected chi connectivity index (χ3v) is 7.11. The van der Waals surface area contributed by atoms with Gasteiger partial charge in [0.25, 0.3) is 11.5 Å². The molecule has 3 aromatic carbocycles. The number of imidazole rings is 1. The molecule has 6 rings (SSSR count). The van der Waals surface area contributed by atoms with Crippen molar-refractivity contribution in [2.24, 2.45) is 0 Å². The number of fused-ring (bicyclic) bond motifs is 4. The first-order valence-corrected chi connectivity index (χ1v) is 12.5. The lowest BCUT2D eigenvalue weighted by molar-refractivity contribution is 0.0958. The van der Waals surface area contributed by atoms with Crippen LogP contribution in [-0.2, 0) is 6.42 Å². The summed E-state index contributed by atoms with van der Waals surface area (Å²) in [5, 5.41) is 1.76. The Labute approximate surface area is 219 Å². The van der Waals surface area contributed by atoms with Gasteiger partial charge in [-0.1, -0.05) is 42.0 Å². The second-order valence-electron chi connectivity index (χ2n) is 9.80. The van der Waals surface area contributed by atoms with E-state index in [1.54, 1.807) is 27.7 Å². The van der Waals surface area contributed by atoms with Crippen LogP contribution in [-0.4, -0.2) is 25.0 Å². The molecule has 186 valence electrons. The van der Waals surface area contributed by atoms with E-state index in [-0.39, 0.29) is 11.5 Å². The molecule has 0 amide bonds. The van der Waals surface area contributed by atoms with E-state index in [0.29, 0.717) is 22.3 Å².